The van der Waals surface area contributed by atoms with Gasteiger partial charge >= 0.3 is 0 Å². The Kier molecular flexibility index (Phi) is 6.87. The van der Waals surface area contributed by atoms with Crippen LogP contribution >= 0.6 is 0 Å². The first-order chi connectivity index (χ1) is 16.3. The van der Waals surface area contributed by atoms with Crippen LogP contribution in [-0.2, 0) is 10.0 Å². The van der Waals surface area contributed by atoms with Crippen molar-refractivity contribution in [3.05, 3.63) is 78.1 Å². The van der Waals surface area contributed by atoms with E-state index < -0.39 is 15.8 Å². The van der Waals surface area contributed by atoms with Gasteiger partial charge in [0.15, 0.2) is 23.1 Å². The van der Waals surface area contributed by atoms with Gasteiger partial charge in [-0.15, -0.1) is 0 Å². The van der Waals surface area contributed by atoms with Crippen molar-refractivity contribution in [3.63, 3.8) is 0 Å². The number of hydrogen-bond acceptors (Lipinski definition) is 6. The second-order valence-electron chi connectivity index (χ2n) is 7.50. The Morgan fingerprint density at radius 2 is 1.79 bits per heavy atom. The molecule has 3 aromatic carbocycles. The smallest absolute Gasteiger partial charge is 0.262 e. The Labute approximate surface area is 196 Å². The zero-order valence-electron chi connectivity index (χ0n) is 18.4. The van der Waals surface area contributed by atoms with Crippen LogP contribution in [0.25, 0.3) is 0 Å². The average Bonchev–Trinajstić information content (AvgIpc) is 2.84. The Hall–Kier alpha value is -3.79. The van der Waals surface area contributed by atoms with Crippen LogP contribution in [0.4, 0.5) is 10.1 Å². The second-order valence-corrected chi connectivity index (χ2v) is 9.18. The summed E-state index contributed by atoms with van der Waals surface area (Å²) in [4.78, 5) is 14.2. The molecule has 1 amide bonds. The normalized spacial score (nSPS) is 12.6. The maximum atomic E-state index is 13.6. The Balaban J connectivity index is 1.40. The van der Waals surface area contributed by atoms with Crippen LogP contribution in [0.1, 0.15) is 10.4 Å². The van der Waals surface area contributed by atoms with Gasteiger partial charge in [0.2, 0.25) is 0 Å². The van der Waals surface area contributed by atoms with E-state index in [4.69, 9.17) is 14.2 Å². The maximum absolute atomic E-state index is 13.6. The first-order valence-electron chi connectivity index (χ1n) is 10.5. The van der Waals surface area contributed by atoms with Crippen LogP contribution in [-0.4, -0.2) is 52.6 Å². The molecule has 0 aliphatic carbocycles. The topological polar surface area (TPSA) is 94.2 Å². The molecule has 1 N–H and O–H groups in total. The number of halogens is 1. The lowest BCUT2D eigenvalue weighted by atomic mass is 10.2. The molecule has 0 radical (unpaired) electrons. The number of carbonyl (C=O) groups is 1. The summed E-state index contributed by atoms with van der Waals surface area (Å²) in [6.07, 6.45) is 0. The summed E-state index contributed by atoms with van der Waals surface area (Å²) in [6, 6.07) is 16.6. The molecule has 1 heterocycles. The van der Waals surface area contributed by atoms with Gasteiger partial charge in [-0.2, -0.15) is 0 Å². The number of likely N-dealkylation sites (N-methyl/N-ethyl adjacent to an activating group) is 1. The van der Waals surface area contributed by atoms with Crippen molar-refractivity contribution in [1.29, 1.82) is 0 Å². The molecule has 0 spiro atoms. The summed E-state index contributed by atoms with van der Waals surface area (Å²) in [5, 5.41) is 0. The lowest BCUT2D eigenvalue weighted by molar-refractivity contribution is 0.0773. The van der Waals surface area contributed by atoms with Gasteiger partial charge in [0.1, 0.15) is 19.8 Å². The molecule has 178 valence electrons. The van der Waals surface area contributed by atoms with Gasteiger partial charge in [0.25, 0.3) is 15.9 Å². The molecule has 0 saturated carbocycles. The summed E-state index contributed by atoms with van der Waals surface area (Å²) >= 11 is 0. The van der Waals surface area contributed by atoms with Gasteiger partial charge in [-0.05, 0) is 42.5 Å². The van der Waals surface area contributed by atoms with Crippen LogP contribution in [0.15, 0.2) is 71.6 Å². The summed E-state index contributed by atoms with van der Waals surface area (Å²) in [5.74, 6) is 0.142. The predicted octanol–water partition coefficient (Wildman–Crippen LogP) is 3.55. The van der Waals surface area contributed by atoms with Crippen LogP contribution < -0.4 is 18.9 Å². The van der Waals surface area contributed by atoms with Gasteiger partial charge in [-0.25, -0.2) is 12.8 Å². The number of amides is 1. The molecule has 0 aromatic heterocycles. The number of para-hydroxylation sites is 1. The fraction of sp³-hybridized carbons (Fsp3) is 0.208. The SMILES string of the molecule is CN(CCOc1ccccc1F)C(=O)c1cccc(NS(=O)(=O)c2ccc3c(c2)OCCO3)c1. The monoisotopic (exact) mass is 486 g/mol. The largest absolute Gasteiger partial charge is 0.489 e. The Bertz CT molecular complexity index is 1300. The molecule has 0 atom stereocenters. The second kappa shape index (κ2) is 10.0. The Morgan fingerprint density at radius 1 is 1.03 bits per heavy atom. The molecule has 0 unspecified atom stereocenters. The third-order valence-corrected chi connectivity index (χ3v) is 6.43. The fourth-order valence-corrected chi connectivity index (χ4v) is 4.36. The lowest BCUT2D eigenvalue weighted by Gasteiger charge is -2.19. The number of nitrogens with one attached hydrogen (secondary N) is 1. The molecular formula is C24H23FN2O6S. The number of anilines is 1. The number of nitrogens with zero attached hydrogens (tertiary/aromatic N) is 1. The van der Waals surface area contributed by atoms with Crippen LogP contribution in [0.5, 0.6) is 17.2 Å². The van der Waals surface area contributed by atoms with Gasteiger partial charge in [0, 0.05) is 24.4 Å². The lowest BCUT2D eigenvalue weighted by Crippen LogP contribution is -2.31. The van der Waals surface area contributed by atoms with Gasteiger partial charge < -0.3 is 19.1 Å². The zero-order valence-corrected chi connectivity index (χ0v) is 19.2. The van der Waals surface area contributed by atoms with Crippen LogP contribution in [0.3, 0.4) is 0 Å². The minimum absolute atomic E-state index is 0.0101. The number of fused-ring (bicyclic) bond motifs is 1. The molecular weight excluding hydrogens is 463 g/mol. The number of rotatable bonds is 8. The molecule has 1 aliphatic heterocycles. The first kappa shape index (κ1) is 23.4. The highest BCUT2D eigenvalue weighted by Gasteiger charge is 2.20. The summed E-state index contributed by atoms with van der Waals surface area (Å²) in [6.45, 7) is 1.05. The van der Waals surface area contributed by atoms with E-state index in [-0.39, 0.29) is 41.0 Å². The highest BCUT2D eigenvalue weighted by Crippen LogP contribution is 2.32. The van der Waals surface area contributed by atoms with E-state index in [1.165, 1.54) is 35.2 Å². The summed E-state index contributed by atoms with van der Waals surface area (Å²) in [5.41, 5.74) is 0.521. The van der Waals surface area contributed by atoms with Gasteiger partial charge in [0.05, 0.1) is 11.4 Å². The molecule has 0 saturated heterocycles. The number of carbonyl (C=O) groups excluding carboxylic acids is 1. The van der Waals surface area contributed by atoms with Gasteiger partial charge in [-0.1, -0.05) is 18.2 Å². The van der Waals surface area contributed by atoms with E-state index >= 15 is 0 Å². The molecule has 3 aromatic rings. The zero-order chi connectivity index (χ0) is 24.1. The molecule has 10 heteroatoms. The molecule has 8 nitrogen and oxygen atoms in total. The van der Waals surface area contributed by atoms with Crippen molar-refractivity contribution < 1.29 is 31.8 Å². The van der Waals surface area contributed by atoms with E-state index in [0.29, 0.717) is 24.7 Å². The van der Waals surface area contributed by atoms with E-state index in [0.717, 1.165) is 0 Å². The fourth-order valence-electron chi connectivity index (χ4n) is 3.30. The highest BCUT2D eigenvalue weighted by atomic mass is 32.2. The molecule has 4 rings (SSSR count). The predicted molar refractivity (Wildman–Crippen MR) is 124 cm³/mol. The van der Waals surface area contributed by atoms with E-state index in [2.05, 4.69) is 4.72 Å². The quantitative estimate of drug-likeness (QED) is 0.523. The number of ether oxygens (including phenoxy) is 3. The van der Waals surface area contributed by atoms with Crippen molar-refractivity contribution in [3.8, 4) is 17.2 Å². The van der Waals surface area contributed by atoms with Crippen molar-refractivity contribution in [1.82, 2.24) is 4.90 Å². The van der Waals surface area contributed by atoms with Crippen LogP contribution in [0, 0.1) is 5.82 Å². The maximum Gasteiger partial charge on any atom is 0.262 e. The van der Waals surface area contributed by atoms with Crippen molar-refractivity contribution in [2.45, 2.75) is 4.90 Å². The van der Waals surface area contributed by atoms with Crippen molar-refractivity contribution in [2.24, 2.45) is 0 Å². The standard InChI is InChI=1S/C24H23FN2O6S/c1-27(11-12-31-21-8-3-2-7-20(21)25)24(28)17-5-4-6-18(15-17)26-34(29,30)19-9-10-22-23(16-19)33-14-13-32-22/h2-10,15-16,26H,11-14H2,1H3. The molecule has 1 aliphatic rings. The minimum atomic E-state index is -3.92. The third-order valence-electron chi connectivity index (χ3n) is 5.05. The molecule has 0 fully saturated rings. The van der Waals surface area contributed by atoms with Crippen LogP contribution in [0.2, 0.25) is 0 Å². The van der Waals surface area contributed by atoms with E-state index in [9.17, 15) is 17.6 Å². The molecule has 34 heavy (non-hydrogen) atoms. The van der Waals surface area contributed by atoms with E-state index in [1.54, 1.807) is 43.4 Å². The average molecular weight is 487 g/mol. The third kappa shape index (κ3) is 5.40. The van der Waals surface area contributed by atoms with Crippen molar-refractivity contribution >= 4 is 21.6 Å². The minimum Gasteiger partial charge on any atom is -0.489 e. The summed E-state index contributed by atoms with van der Waals surface area (Å²) < 4.78 is 58.1. The number of hydrogen-bond donors (Lipinski definition) is 1. The highest BCUT2D eigenvalue weighted by molar-refractivity contribution is 7.92. The Morgan fingerprint density at radius 3 is 2.59 bits per heavy atom. The van der Waals surface area contributed by atoms with Crippen molar-refractivity contribution in [2.75, 3.05) is 38.1 Å². The first-order valence-corrected chi connectivity index (χ1v) is 12.0. The molecule has 0 bridgehead atoms. The number of sulfonamides is 1. The summed E-state index contributed by atoms with van der Waals surface area (Å²) in [7, 11) is -2.34. The van der Waals surface area contributed by atoms with Gasteiger partial charge in [-0.3, -0.25) is 9.52 Å². The number of benzene rings is 3. The van der Waals surface area contributed by atoms with E-state index in [1.807, 2.05) is 0 Å².